The summed E-state index contributed by atoms with van der Waals surface area (Å²) < 4.78 is 14.2. The highest BCUT2D eigenvalue weighted by Crippen LogP contribution is 2.31. The van der Waals surface area contributed by atoms with E-state index in [-0.39, 0.29) is 22.4 Å². The Morgan fingerprint density at radius 2 is 1.68 bits per heavy atom. The predicted octanol–water partition coefficient (Wildman–Crippen LogP) is 3.95. The quantitative estimate of drug-likeness (QED) is 0.591. The number of hydrogen-bond donors (Lipinski definition) is 0. The second-order valence-corrected chi connectivity index (χ2v) is 6.44. The smallest absolute Gasteiger partial charge is 0.273 e. The van der Waals surface area contributed by atoms with Crippen molar-refractivity contribution in [3.63, 3.8) is 0 Å². The zero-order chi connectivity index (χ0) is 16.1. The van der Waals surface area contributed by atoms with Crippen LogP contribution in [0.5, 0.6) is 0 Å². The van der Waals surface area contributed by atoms with Gasteiger partial charge in [0, 0.05) is 0 Å². The average Bonchev–Trinajstić information content (AvgIpc) is 2.71. The van der Waals surface area contributed by atoms with Gasteiger partial charge in [-0.15, -0.1) is 0 Å². The summed E-state index contributed by atoms with van der Waals surface area (Å²) in [6.07, 6.45) is 0. The Kier molecular flexibility index (Phi) is 3.13. The first-order valence-corrected chi connectivity index (χ1v) is 7.09. The van der Waals surface area contributed by atoms with Gasteiger partial charge in [0.1, 0.15) is 5.56 Å². The van der Waals surface area contributed by atoms with E-state index >= 15 is 0 Å². The van der Waals surface area contributed by atoms with E-state index in [1.807, 2.05) is 12.1 Å². The van der Waals surface area contributed by atoms with Gasteiger partial charge in [-0.05, 0) is 35.2 Å². The maximum Gasteiger partial charge on any atom is 0.273 e. The molecule has 0 radical (unpaired) electrons. The minimum Gasteiger partial charge on any atom is -0.618 e. The predicted molar refractivity (Wildman–Crippen MR) is 83.3 cm³/mol. The van der Waals surface area contributed by atoms with Crippen molar-refractivity contribution >= 4 is 17.2 Å². The van der Waals surface area contributed by atoms with E-state index in [1.165, 1.54) is 18.2 Å². The summed E-state index contributed by atoms with van der Waals surface area (Å²) in [7, 11) is 0. The third kappa shape index (κ3) is 2.11. The third-order valence-corrected chi connectivity index (χ3v) is 3.88. The highest BCUT2D eigenvalue weighted by atomic mass is 19.1. The molecule has 3 nitrogen and oxygen atoms in total. The standard InChI is InChI=1S/C18H16FNO2/c1-18(2,3)12-9-7-11(8-10-12)15-17(21)13-5-4-6-14(19)16(13)20(15)22/h4-10H,1-3H3. The Morgan fingerprint density at radius 3 is 2.23 bits per heavy atom. The van der Waals surface area contributed by atoms with E-state index in [2.05, 4.69) is 20.8 Å². The van der Waals surface area contributed by atoms with Crippen LogP contribution >= 0.6 is 0 Å². The van der Waals surface area contributed by atoms with Gasteiger partial charge >= 0.3 is 0 Å². The summed E-state index contributed by atoms with van der Waals surface area (Å²) in [6, 6.07) is 11.4. The number of hydrogen-bond acceptors (Lipinski definition) is 2. The van der Waals surface area contributed by atoms with Gasteiger partial charge in [-0.2, -0.15) is 9.13 Å². The number of carbonyl (C=O) groups excluding carboxylic acids is 1. The van der Waals surface area contributed by atoms with Crippen LogP contribution in [0.15, 0.2) is 42.5 Å². The fourth-order valence-electron chi connectivity index (χ4n) is 2.61. The van der Waals surface area contributed by atoms with Gasteiger partial charge in [0.25, 0.3) is 17.2 Å². The van der Waals surface area contributed by atoms with Crippen LogP contribution in [0.1, 0.15) is 42.3 Å². The fourth-order valence-corrected chi connectivity index (χ4v) is 2.61. The van der Waals surface area contributed by atoms with Crippen LogP contribution in [0.4, 0.5) is 10.1 Å². The summed E-state index contributed by atoms with van der Waals surface area (Å²) in [5, 5.41) is 12.3. The lowest BCUT2D eigenvalue weighted by atomic mass is 9.86. The minimum absolute atomic E-state index is 0.0187. The number of fused-ring (bicyclic) bond motifs is 1. The Morgan fingerprint density at radius 1 is 1.05 bits per heavy atom. The molecule has 1 aliphatic rings. The van der Waals surface area contributed by atoms with Crippen molar-refractivity contribution in [3.8, 4) is 0 Å². The lowest BCUT2D eigenvalue weighted by Gasteiger charge is -2.18. The molecule has 0 aliphatic carbocycles. The summed E-state index contributed by atoms with van der Waals surface area (Å²) >= 11 is 0. The van der Waals surface area contributed by atoms with Gasteiger partial charge in [0.15, 0.2) is 5.82 Å². The highest BCUT2D eigenvalue weighted by molar-refractivity contribution is 6.52. The van der Waals surface area contributed by atoms with Crippen molar-refractivity contribution < 1.29 is 13.9 Å². The number of ketones is 1. The Bertz CT molecular complexity index is 799. The van der Waals surface area contributed by atoms with Gasteiger partial charge in [0.05, 0.1) is 5.56 Å². The van der Waals surface area contributed by atoms with Crippen molar-refractivity contribution in [2.24, 2.45) is 0 Å². The molecule has 2 aromatic rings. The summed E-state index contributed by atoms with van der Waals surface area (Å²) in [4.78, 5) is 12.4. The minimum atomic E-state index is -0.679. The van der Waals surface area contributed by atoms with Crippen LogP contribution in [0.3, 0.4) is 0 Å². The molecule has 3 rings (SSSR count). The normalized spacial score (nSPS) is 14.5. The molecule has 0 saturated carbocycles. The molecule has 0 aromatic heterocycles. The molecule has 0 saturated heterocycles. The molecule has 2 aromatic carbocycles. The van der Waals surface area contributed by atoms with Crippen LogP contribution in [0.2, 0.25) is 0 Å². The molecule has 22 heavy (non-hydrogen) atoms. The van der Waals surface area contributed by atoms with Gasteiger partial charge in [0.2, 0.25) is 0 Å². The number of nitrogens with zero attached hydrogens (tertiary/aromatic N) is 1. The molecule has 0 amide bonds. The lowest BCUT2D eigenvalue weighted by Crippen LogP contribution is -2.17. The zero-order valence-electron chi connectivity index (χ0n) is 12.7. The number of halogens is 1. The average molecular weight is 297 g/mol. The molecule has 0 unspecified atom stereocenters. The fraction of sp³-hybridized carbons (Fsp3) is 0.222. The summed E-state index contributed by atoms with van der Waals surface area (Å²) in [5.74, 6) is -1.12. The van der Waals surface area contributed by atoms with Crippen molar-refractivity contribution in [2.75, 3.05) is 0 Å². The number of carbonyl (C=O) groups is 1. The SMILES string of the molecule is CC(C)(C)c1ccc(C2=[N+]([O-])c3c(F)cccc3C2=O)cc1. The van der Waals surface area contributed by atoms with E-state index in [4.69, 9.17) is 0 Å². The second-order valence-electron chi connectivity index (χ2n) is 6.44. The van der Waals surface area contributed by atoms with Crippen LogP contribution in [0, 0.1) is 11.0 Å². The van der Waals surface area contributed by atoms with Crippen molar-refractivity contribution in [2.45, 2.75) is 26.2 Å². The first kappa shape index (κ1) is 14.4. The topological polar surface area (TPSA) is 43.1 Å². The molecule has 1 aliphatic heterocycles. The third-order valence-electron chi connectivity index (χ3n) is 3.88. The molecule has 0 bridgehead atoms. The number of para-hydroxylation sites is 1. The molecular weight excluding hydrogens is 281 g/mol. The largest absolute Gasteiger partial charge is 0.618 e. The first-order chi connectivity index (χ1) is 10.3. The van der Waals surface area contributed by atoms with E-state index in [0.29, 0.717) is 10.3 Å². The van der Waals surface area contributed by atoms with Gasteiger partial charge < -0.3 is 5.21 Å². The molecule has 0 atom stereocenters. The summed E-state index contributed by atoms with van der Waals surface area (Å²) in [5.41, 5.74) is 1.48. The molecule has 0 N–H and O–H groups in total. The van der Waals surface area contributed by atoms with Crippen molar-refractivity contribution in [1.29, 1.82) is 0 Å². The molecule has 0 spiro atoms. The molecular formula is C18H16FNO2. The maximum absolute atomic E-state index is 13.8. The van der Waals surface area contributed by atoms with Crippen molar-refractivity contribution in [1.82, 2.24) is 0 Å². The lowest BCUT2D eigenvalue weighted by molar-refractivity contribution is -0.358. The van der Waals surface area contributed by atoms with Crippen LogP contribution in [-0.4, -0.2) is 16.2 Å². The number of benzene rings is 2. The summed E-state index contributed by atoms with van der Waals surface area (Å²) in [6.45, 7) is 6.25. The van der Waals surface area contributed by atoms with Crippen molar-refractivity contribution in [3.05, 3.63) is 70.2 Å². The number of rotatable bonds is 1. The molecule has 0 fully saturated rings. The Hall–Kier alpha value is -2.49. The van der Waals surface area contributed by atoms with Gasteiger partial charge in [-0.1, -0.05) is 39.0 Å². The molecule has 112 valence electrons. The van der Waals surface area contributed by atoms with Crippen LogP contribution in [0.25, 0.3) is 0 Å². The molecule has 4 heteroatoms. The van der Waals surface area contributed by atoms with Gasteiger partial charge in [-0.3, -0.25) is 4.79 Å². The zero-order valence-corrected chi connectivity index (χ0v) is 12.7. The molecule has 1 heterocycles. The van der Waals surface area contributed by atoms with E-state index in [1.54, 1.807) is 12.1 Å². The van der Waals surface area contributed by atoms with Crippen LogP contribution in [-0.2, 0) is 5.41 Å². The van der Waals surface area contributed by atoms with Crippen LogP contribution < -0.4 is 0 Å². The van der Waals surface area contributed by atoms with E-state index in [9.17, 15) is 14.4 Å². The Balaban J connectivity index is 2.10. The second kappa shape index (κ2) is 4.77. The highest BCUT2D eigenvalue weighted by Gasteiger charge is 2.38. The number of Topliss-reactive ketones (excluding diaryl/α,β-unsaturated/α-hetero) is 1. The first-order valence-electron chi connectivity index (χ1n) is 7.09. The van der Waals surface area contributed by atoms with E-state index < -0.39 is 11.6 Å². The monoisotopic (exact) mass is 297 g/mol. The Labute approximate surface area is 128 Å². The van der Waals surface area contributed by atoms with E-state index in [0.717, 1.165) is 5.56 Å². The van der Waals surface area contributed by atoms with Gasteiger partial charge in [-0.25, -0.2) is 0 Å². The maximum atomic E-state index is 13.8.